The molecule has 1 aromatic carbocycles. The van der Waals surface area contributed by atoms with Gasteiger partial charge in [0.1, 0.15) is 6.10 Å². The highest BCUT2D eigenvalue weighted by molar-refractivity contribution is 6.48. The Labute approximate surface area is 113 Å². The molecule has 17 heavy (non-hydrogen) atoms. The molecule has 0 saturated carbocycles. The highest BCUT2D eigenvalue weighted by Gasteiger charge is 2.22. The van der Waals surface area contributed by atoms with E-state index in [1.807, 2.05) is 0 Å². The Morgan fingerprint density at radius 1 is 1.24 bits per heavy atom. The second kappa shape index (κ2) is 5.89. The van der Waals surface area contributed by atoms with Crippen molar-refractivity contribution < 1.29 is 15.0 Å². The van der Waals surface area contributed by atoms with E-state index in [1.54, 1.807) is 0 Å². The van der Waals surface area contributed by atoms with E-state index in [1.165, 1.54) is 12.1 Å². The molecule has 0 bridgehead atoms. The van der Waals surface area contributed by atoms with Gasteiger partial charge in [-0.05, 0) is 17.7 Å². The molecule has 0 aliphatic heterocycles. The minimum atomic E-state index is -1.32. The first-order valence-corrected chi connectivity index (χ1v) is 5.75. The third kappa shape index (κ3) is 3.72. The van der Waals surface area contributed by atoms with Crippen LogP contribution in [0.5, 0.6) is 0 Å². The quantitative estimate of drug-likeness (QED) is 0.743. The van der Waals surface area contributed by atoms with Crippen molar-refractivity contribution in [3.63, 3.8) is 0 Å². The van der Waals surface area contributed by atoms with E-state index >= 15 is 0 Å². The lowest BCUT2D eigenvalue weighted by Gasteiger charge is -2.17. The van der Waals surface area contributed by atoms with E-state index in [0.29, 0.717) is 0 Å². The first-order valence-electron chi connectivity index (χ1n) is 4.61. The van der Waals surface area contributed by atoms with E-state index in [4.69, 9.17) is 40.5 Å². The summed E-state index contributed by atoms with van der Waals surface area (Å²) in [7, 11) is 0. The molecule has 4 N–H and O–H groups in total. The molecule has 4 nitrogen and oxygen atoms in total. The van der Waals surface area contributed by atoms with Gasteiger partial charge in [0.15, 0.2) is 0 Å². The lowest BCUT2D eigenvalue weighted by Crippen LogP contribution is -2.25. The molecule has 0 fully saturated rings. The maximum absolute atomic E-state index is 10.6. The molecule has 0 aromatic heterocycles. The smallest absolute Gasteiger partial charge is 0.220 e. The highest BCUT2D eigenvalue weighted by Crippen LogP contribution is 2.34. The van der Waals surface area contributed by atoms with Gasteiger partial charge in [0.25, 0.3) is 0 Å². The van der Waals surface area contributed by atoms with Crippen molar-refractivity contribution in [1.29, 1.82) is 0 Å². The number of primary amides is 1. The van der Waals surface area contributed by atoms with Crippen LogP contribution in [-0.2, 0) is 4.79 Å². The zero-order valence-electron chi connectivity index (χ0n) is 8.53. The Morgan fingerprint density at radius 3 is 2.12 bits per heavy atom. The number of hydrogen-bond acceptors (Lipinski definition) is 3. The molecule has 0 saturated heterocycles. The van der Waals surface area contributed by atoms with Crippen LogP contribution in [0.25, 0.3) is 0 Å². The molecule has 2 unspecified atom stereocenters. The van der Waals surface area contributed by atoms with Crippen LogP contribution >= 0.6 is 34.8 Å². The van der Waals surface area contributed by atoms with Crippen LogP contribution < -0.4 is 5.73 Å². The predicted molar refractivity (Wildman–Crippen MR) is 66.3 cm³/mol. The Balaban J connectivity index is 2.96. The van der Waals surface area contributed by atoms with Gasteiger partial charge in [-0.3, -0.25) is 4.79 Å². The molecule has 0 heterocycles. The van der Waals surface area contributed by atoms with Crippen molar-refractivity contribution >= 4 is 40.7 Å². The summed E-state index contributed by atoms with van der Waals surface area (Å²) in [4.78, 5) is 10.6. The normalized spacial score (nSPS) is 14.4. The summed E-state index contributed by atoms with van der Waals surface area (Å²) in [6.07, 6.45) is -2.99. The highest BCUT2D eigenvalue weighted by atomic mass is 35.5. The number of benzene rings is 1. The van der Waals surface area contributed by atoms with Crippen LogP contribution in [0.4, 0.5) is 0 Å². The van der Waals surface area contributed by atoms with Crippen molar-refractivity contribution in [3.8, 4) is 0 Å². The number of halogens is 3. The Kier molecular flexibility index (Phi) is 5.04. The van der Waals surface area contributed by atoms with Crippen LogP contribution in [0, 0.1) is 0 Å². The van der Waals surface area contributed by atoms with Gasteiger partial charge in [0.2, 0.25) is 5.91 Å². The fraction of sp³-hybridized carbons (Fsp3) is 0.300. The number of aliphatic hydroxyl groups is 2. The minimum Gasteiger partial charge on any atom is -0.390 e. The third-order valence-electron chi connectivity index (χ3n) is 2.12. The summed E-state index contributed by atoms with van der Waals surface area (Å²) < 4.78 is 0. The van der Waals surface area contributed by atoms with Crippen LogP contribution in [0.15, 0.2) is 12.1 Å². The minimum absolute atomic E-state index is 0.152. The van der Waals surface area contributed by atoms with E-state index in [-0.39, 0.29) is 27.1 Å². The number of carbonyl (C=O) groups is 1. The summed E-state index contributed by atoms with van der Waals surface area (Å²) in [6.45, 7) is 0. The van der Waals surface area contributed by atoms with Crippen molar-refractivity contribution in [3.05, 3.63) is 32.8 Å². The standard InChI is InChI=1S/C10H10Cl3NO3/c11-5-1-4(2-6(12)9(5)13)10(17)7(15)3-8(14)16/h1-2,7,10,15,17H,3H2,(H2,14,16). The molecule has 0 aliphatic rings. The molecule has 94 valence electrons. The topological polar surface area (TPSA) is 83.6 Å². The van der Waals surface area contributed by atoms with Gasteiger partial charge >= 0.3 is 0 Å². The zero-order chi connectivity index (χ0) is 13.2. The fourth-order valence-corrected chi connectivity index (χ4v) is 1.90. The van der Waals surface area contributed by atoms with E-state index in [2.05, 4.69) is 0 Å². The second-order valence-corrected chi connectivity index (χ2v) is 4.67. The van der Waals surface area contributed by atoms with Gasteiger partial charge in [-0.25, -0.2) is 0 Å². The fourth-order valence-electron chi connectivity index (χ4n) is 1.29. The molecular formula is C10H10Cl3NO3. The van der Waals surface area contributed by atoms with Gasteiger partial charge in [-0.15, -0.1) is 0 Å². The van der Waals surface area contributed by atoms with Gasteiger partial charge in [-0.1, -0.05) is 34.8 Å². The van der Waals surface area contributed by atoms with E-state index < -0.39 is 18.1 Å². The molecular weight excluding hydrogens is 288 g/mol. The summed E-state index contributed by atoms with van der Waals surface area (Å²) in [5.74, 6) is -0.720. The average molecular weight is 299 g/mol. The monoisotopic (exact) mass is 297 g/mol. The van der Waals surface area contributed by atoms with Crippen molar-refractivity contribution in [2.45, 2.75) is 18.6 Å². The molecule has 0 radical (unpaired) electrons. The summed E-state index contributed by atoms with van der Waals surface area (Å²) in [6, 6.07) is 2.73. The first-order chi connectivity index (χ1) is 7.82. The number of nitrogens with two attached hydrogens (primary N) is 1. The zero-order valence-corrected chi connectivity index (χ0v) is 10.8. The molecule has 0 spiro atoms. The van der Waals surface area contributed by atoms with Crippen molar-refractivity contribution in [2.75, 3.05) is 0 Å². The lowest BCUT2D eigenvalue weighted by atomic mass is 10.0. The van der Waals surface area contributed by atoms with Crippen LogP contribution in [-0.4, -0.2) is 22.2 Å². The Hall–Kier alpha value is -0.520. The number of carbonyl (C=O) groups excluding carboxylic acids is 1. The second-order valence-electron chi connectivity index (χ2n) is 3.48. The maximum atomic E-state index is 10.6. The number of hydrogen-bond donors (Lipinski definition) is 3. The largest absolute Gasteiger partial charge is 0.390 e. The van der Waals surface area contributed by atoms with Gasteiger partial charge in [0.05, 0.1) is 27.6 Å². The average Bonchev–Trinajstić information content (AvgIpc) is 2.23. The van der Waals surface area contributed by atoms with Gasteiger partial charge in [0, 0.05) is 0 Å². The number of amides is 1. The van der Waals surface area contributed by atoms with E-state index in [0.717, 1.165) is 0 Å². The Bertz CT molecular complexity index is 416. The molecule has 1 amide bonds. The number of rotatable bonds is 4. The van der Waals surface area contributed by atoms with Crippen molar-refractivity contribution in [1.82, 2.24) is 0 Å². The first kappa shape index (κ1) is 14.5. The SMILES string of the molecule is NC(=O)CC(O)C(O)c1cc(Cl)c(Cl)c(Cl)c1. The summed E-state index contributed by atoms with van der Waals surface area (Å²) >= 11 is 17.3. The third-order valence-corrected chi connectivity index (χ3v) is 3.32. The molecule has 7 heteroatoms. The van der Waals surface area contributed by atoms with Crippen molar-refractivity contribution in [2.24, 2.45) is 5.73 Å². The van der Waals surface area contributed by atoms with Crippen LogP contribution in [0.3, 0.4) is 0 Å². The van der Waals surface area contributed by atoms with Gasteiger partial charge in [-0.2, -0.15) is 0 Å². The molecule has 1 rings (SSSR count). The number of aliphatic hydroxyl groups excluding tert-OH is 2. The predicted octanol–water partition coefficient (Wildman–Crippen LogP) is 1.92. The van der Waals surface area contributed by atoms with Crippen LogP contribution in [0.1, 0.15) is 18.1 Å². The molecule has 1 aromatic rings. The summed E-state index contributed by atoms with van der Waals surface area (Å²) in [5.41, 5.74) is 5.17. The van der Waals surface area contributed by atoms with Gasteiger partial charge < -0.3 is 15.9 Å². The molecule has 2 atom stereocenters. The summed E-state index contributed by atoms with van der Waals surface area (Å²) in [5, 5.41) is 19.7. The van der Waals surface area contributed by atoms with Crippen LogP contribution in [0.2, 0.25) is 15.1 Å². The Morgan fingerprint density at radius 2 is 1.71 bits per heavy atom. The molecule has 0 aliphatic carbocycles. The lowest BCUT2D eigenvalue weighted by molar-refractivity contribution is -0.121. The maximum Gasteiger partial charge on any atom is 0.220 e. The van der Waals surface area contributed by atoms with E-state index in [9.17, 15) is 15.0 Å².